The number of benzene rings is 2. The van der Waals surface area contributed by atoms with Gasteiger partial charge in [-0.15, -0.1) is 0 Å². The molecule has 154 valence electrons. The first-order chi connectivity index (χ1) is 13.9. The van der Waals surface area contributed by atoms with Crippen molar-refractivity contribution in [3.8, 4) is 0 Å². The van der Waals surface area contributed by atoms with E-state index in [-0.39, 0.29) is 23.9 Å². The fourth-order valence-corrected chi connectivity index (χ4v) is 4.79. The predicted octanol–water partition coefficient (Wildman–Crippen LogP) is 3.16. The second kappa shape index (κ2) is 8.88. The summed E-state index contributed by atoms with van der Waals surface area (Å²) in [6, 6.07) is 13.5. The van der Waals surface area contributed by atoms with Crippen molar-refractivity contribution in [2.75, 3.05) is 26.2 Å². The molecule has 0 N–H and O–H groups in total. The molecular weight excluding hydrogens is 388 g/mol. The largest absolute Gasteiger partial charge is 0.336 e. The summed E-state index contributed by atoms with van der Waals surface area (Å²) >= 11 is 0. The zero-order chi connectivity index (χ0) is 21.0. The maximum Gasteiger partial charge on any atom is 0.253 e. The van der Waals surface area contributed by atoms with Crippen LogP contribution in [0.2, 0.25) is 0 Å². The lowest BCUT2D eigenvalue weighted by molar-refractivity contribution is 0.0697. The molecule has 29 heavy (non-hydrogen) atoms. The van der Waals surface area contributed by atoms with Crippen molar-refractivity contribution in [2.24, 2.45) is 0 Å². The third-order valence-corrected chi connectivity index (χ3v) is 7.43. The molecule has 1 aliphatic heterocycles. The number of carbonyl (C=O) groups excluding carboxylic acids is 2. The van der Waals surface area contributed by atoms with E-state index in [1.165, 1.54) is 4.31 Å². The fraction of sp³-hybridized carbons (Fsp3) is 0.364. The van der Waals surface area contributed by atoms with Crippen molar-refractivity contribution in [2.45, 2.75) is 31.1 Å². The fourth-order valence-electron chi connectivity index (χ4n) is 3.37. The molecule has 0 radical (unpaired) electrons. The summed E-state index contributed by atoms with van der Waals surface area (Å²) in [7, 11) is -3.58. The maximum atomic E-state index is 12.9. The lowest BCUT2D eigenvalue weighted by Crippen LogP contribution is -2.50. The highest BCUT2D eigenvalue weighted by Gasteiger charge is 2.30. The number of hydrogen-bond donors (Lipinski definition) is 0. The Morgan fingerprint density at radius 3 is 2.10 bits per heavy atom. The second-order valence-corrected chi connectivity index (χ2v) is 9.25. The third-order valence-electron chi connectivity index (χ3n) is 5.52. The summed E-state index contributed by atoms with van der Waals surface area (Å²) in [4.78, 5) is 25.3. The van der Waals surface area contributed by atoms with E-state index in [9.17, 15) is 18.0 Å². The van der Waals surface area contributed by atoms with Crippen LogP contribution in [0.15, 0.2) is 53.4 Å². The number of aldehydes is 1. The molecule has 2 aromatic carbocycles. The Morgan fingerprint density at radius 2 is 1.59 bits per heavy atom. The molecule has 0 bridgehead atoms. The minimum atomic E-state index is -3.58. The Bertz CT molecular complexity index is 961. The molecule has 1 amide bonds. The summed E-state index contributed by atoms with van der Waals surface area (Å²) in [5.74, 6) is 0.235. The van der Waals surface area contributed by atoms with Crippen LogP contribution in [0.25, 0.3) is 0 Å². The predicted molar refractivity (Wildman–Crippen MR) is 112 cm³/mol. The van der Waals surface area contributed by atoms with Crippen molar-refractivity contribution in [3.05, 3.63) is 65.2 Å². The van der Waals surface area contributed by atoms with Crippen LogP contribution in [0.3, 0.4) is 0 Å². The van der Waals surface area contributed by atoms with Crippen molar-refractivity contribution >= 4 is 22.2 Å². The third kappa shape index (κ3) is 4.57. The Hall–Kier alpha value is -2.51. The van der Waals surface area contributed by atoms with Crippen molar-refractivity contribution in [1.82, 2.24) is 9.21 Å². The number of piperazine rings is 1. The van der Waals surface area contributed by atoms with Gasteiger partial charge in [0.1, 0.15) is 6.29 Å². The molecule has 2 aromatic rings. The molecule has 1 aliphatic rings. The summed E-state index contributed by atoms with van der Waals surface area (Å²) in [5, 5.41) is 0. The van der Waals surface area contributed by atoms with E-state index in [0.717, 1.165) is 18.3 Å². The molecule has 1 heterocycles. The van der Waals surface area contributed by atoms with Crippen LogP contribution in [-0.4, -0.2) is 56.0 Å². The normalized spacial score (nSPS) is 16.4. The van der Waals surface area contributed by atoms with E-state index in [0.29, 0.717) is 30.1 Å². The standard InChI is InChI=1S/C22H26N2O4S/c1-3-17(2)19-8-10-21(11-9-19)29(27,28)24-14-12-23(13-15-24)22(26)20-6-4-18(16-25)5-7-20/h4-11,16-17H,3,12-15H2,1-2H3. The van der Waals surface area contributed by atoms with Crippen LogP contribution in [-0.2, 0) is 10.0 Å². The van der Waals surface area contributed by atoms with Gasteiger partial charge in [0.25, 0.3) is 5.91 Å². The smallest absolute Gasteiger partial charge is 0.253 e. The minimum absolute atomic E-state index is 0.155. The SMILES string of the molecule is CCC(C)c1ccc(S(=O)(=O)N2CCN(C(=O)c3ccc(C=O)cc3)CC2)cc1. The summed E-state index contributed by atoms with van der Waals surface area (Å²) in [6.07, 6.45) is 1.73. The summed E-state index contributed by atoms with van der Waals surface area (Å²) < 4.78 is 27.3. The van der Waals surface area contributed by atoms with Crippen LogP contribution in [0.5, 0.6) is 0 Å². The molecule has 1 atom stereocenters. The van der Waals surface area contributed by atoms with Crippen LogP contribution in [0.1, 0.15) is 52.5 Å². The number of amides is 1. The van der Waals surface area contributed by atoms with Crippen LogP contribution in [0.4, 0.5) is 0 Å². The lowest BCUT2D eigenvalue weighted by atomic mass is 9.99. The van der Waals surface area contributed by atoms with Gasteiger partial charge in [0, 0.05) is 37.3 Å². The maximum absolute atomic E-state index is 12.9. The molecule has 1 unspecified atom stereocenters. The molecule has 7 heteroatoms. The molecule has 0 spiro atoms. The van der Waals surface area contributed by atoms with E-state index in [1.54, 1.807) is 41.3 Å². The first-order valence-corrected chi connectivity index (χ1v) is 11.3. The Balaban J connectivity index is 1.65. The van der Waals surface area contributed by atoms with Gasteiger partial charge >= 0.3 is 0 Å². The van der Waals surface area contributed by atoms with Gasteiger partial charge in [0.05, 0.1) is 4.90 Å². The minimum Gasteiger partial charge on any atom is -0.336 e. The lowest BCUT2D eigenvalue weighted by Gasteiger charge is -2.34. The van der Waals surface area contributed by atoms with Gasteiger partial charge in [0.2, 0.25) is 10.0 Å². The monoisotopic (exact) mass is 414 g/mol. The summed E-state index contributed by atoms with van der Waals surface area (Å²) in [6.45, 7) is 5.40. The van der Waals surface area contributed by atoms with Crippen LogP contribution < -0.4 is 0 Å². The van der Waals surface area contributed by atoms with Gasteiger partial charge in [-0.3, -0.25) is 9.59 Å². The molecule has 3 rings (SSSR count). The van der Waals surface area contributed by atoms with Gasteiger partial charge in [0.15, 0.2) is 0 Å². The molecule has 0 saturated carbocycles. The molecule has 0 aromatic heterocycles. The molecule has 1 saturated heterocycles. The molecule has 1 fully saturated rings. The number of hydrogen-bond acceptors (Lipinski definition) is 4. The van der Waals surface area contributed by atoms with E-state index in [4.69, 9.17) is 0 Å². The average Bonchev–Trinajstić information content (AvgIpc) is 2.78. The Labute approximate surface area is 172 Å². The Kier molecular flexibility index (Phi) is 6.49. The number of rotatable bonds is 6. The first kappa shape index (κ1) is 21.2. The molecule has 0 aliphatic carbocycles. The highest BCUT2D eigenvalue weighted by molar-refractivity contribution is 7.89. The van der Waals surface area contributed by atoms with Gasteiger partial charge in [-0.25, -0.2) is 8.42 Å². The highest BCUT2D eigenvalue weighted by atomic mass is 32.2. The zero-order valence-electron chi connectivity index (χ0n) is 16.7. The highest BCUT2D eigenvalue weighted by Crippen LogP contribution is 2.23. The van der Waals surface area contributed by atoms with E-state index in [2.05, 4.69) is 13.8 Å². The summed E-state index contributed by atoms with van der Waals surface area (Å²) in [5.41, 5.74) is 2.13. The van der Waals surface area contributed by atoms with E-state index in [1.807, 2.05) is 12.1 Å². The van der Waals surface area contributed by atoms with Gasteiger partial charge < -0.3 is 4.90 Å². The van der Waals surface area contributed by atoms with Crippen molar-refractivity contribution < 1.29 is 18.0 Å². The quantitative estimate of drug-likeness (QED) is 0.681. The topological polar surface area (TPSA) is 74.8 Å². The number of nitrogens with zero attached hydrogens (tertiary/aromatic N) is 2. The van der Waals surface area contributed by atoms with Gasteiger partial charge in [-0.1, -0.05) is 38.1 Å². The average molecular weight is 415 g/mol. The van der Waals surface area contributed by atoms with Gasteiger partial charge in [-0.05, 0) is 42.2 Å². The van der Waals surface area contributed by atoms with Gasteiger partial charge in [-0.2, -0.15) is 4.31 Å². The number of carbonyl (C=O) groups is 2. The van der Waals surface area contributed by atoms with E-state index >= 15 is 0 Å². The Morgan fingerprint density at radius 1 is 1.00 bits per heavy atom. The van der Waals surface area contributed by atoms with Crippen LogP contribution >= 0.6 is 0 Å². The molecular formula is C22H26N2O4S. The first-order valence-electron chi connectivity index (χ1n) is 9.81. The van der Waals surface area contributed by atoms with Crippen molar-refractivity contribution in [3.63, 3.8) is 0 Å². The zero-order valence-corrected chi connectivity index (χ0v) is 17.6. The van der Waals surface area contributed by atoms with Crippen molar-refractivity contribution in [1.29, 1.82) is 0 Å². The van der Waals surface area contributed by atoms with Crippen LogP contribution in [0, 0.1) is 0 Å². The second-order valence-electron chi connectivity index (χ2n) is 7.31. The number of sulfonamides is 1. The molecule has 6 nitrogen and oxygen atoms in total. The van der Waals surface area contributed by atoms with E-state index < -0.39 is 10.0 Å².